The molecule has 4 heterocycles. The van der Waals surface area contributed by atoms with E-state index in [-0.39, 0.29) is 31.5 Å². The third kappa shape index (κ3) is 5.04. The van der Waals surface area contributed by atoms with Crippen LogP contribution in [0.15, 0.2) is 6.07 Å². The second kappa shape index (κ2) is 9.77. The molecule has 13 heteroatoms. The third-order valence-electron chi connectivity index (χ3n) is 5.32. The average molecular weight is 487 g/mol. The lowest BCUT2D eigenvalue weighted by Crippen LogP contribution is -2.36. The van der Waals surface area contributed by atoms with Crippen LogP contribution in [-0.2, 0) is 35.2 Å². The Morgan fingerprint density at radius 2 is 1.94 bits per heavy atom. The van der Waals surface area contributed by atoms with Crippen LogP contribution in [0.3, 0.4) is 0 Å². The fourth-order valence-electron chi connectivity index (χ4n) is 3.74. The highest BCUT2D eigenvalue weighted by atomic mass is 32.1. The van der Waals surface area contributed by atoms with E-state index < -0.39 is 18.3 Å². The maximum Gasteiger partial charge on any atom is 0.451 e. The van der Waals surface area contributed by atoms with Gasteiger partial charge in [0.05, 0.1) is 18.5 Å². The smallest absolute Gasteiger partial charge is 0.451 e. The highest BCUT2D eigenvalue weighted by molar-refractivity contribution is 7.18. The first kappa shape index (κ1) is 23.6. The molecule has 33 heavy (non-hydrogen) atoms. The van der Waals surface area contributed by atoms with Crippen molar-refractivity contribution < 1.29 is 27.4 Å². The molecular weight excluding hydrogens is 461 g/mol. The predicted molar refractivity (Wildman–Crippen MR) is 115 cm³/mol. The molecule has 0 saturated heterocycles. The third-order valence-corrected chi connectivity index (χ3v) is 6.41. The fraction of sp³-hybridized carbons (Fsp3) is 0.600. The summed E-state index contributed by atoms with van der Waals surface area (Å²) in [4.78, 5) is 13.0. The van der Waals surface area contributed by atoms with Gasteiger partial charge in [0.25, 0.3) is 0 Å². The minimum absolute atomic E-state index is 0.105. The second-order valence-corrected chi connectivity index (χ2v) is 8.68. The molecule has 9 nitrogen and oxygen atoms in total. The molecule has 0 bridgehead atoms. The SMILES string of the molecule is CCCc1cc2c(N3CCn4c(nnc4C(F)(F)F)C3)nc(OCCC(OC)OC)nc2s1. The zero-order valence-electron chi connectivity index (χ0n) is 18.6. The van der Waals surface area contributed by atoms with Crippen LogP contribution >= 0.6 is 11.3 Å². The van der Waals surface area contributed by atoms with Gasteiger partial charge in [-0.25, -0.2) is 0 Å². The van der Waals surface area contributed by atoms with Gasteiger partial charge in [0.2, 0.25) is 5.82 Å². The van der Waals surface area contributed by atoms with Gasteiger partial charge in [-0.05, 0) is 12.5 Å². The average Bonchev–Trinajstić information content (AvgIpc) is 3.39. The molecule has 0 aromatic carbocycles. The van der Waals surface area contributed by atoms with E-state index in [2.05, 4.69) is 33.2 Å². The molecule has 0 amide bonds. The molecule has 180 valence electrons. The number of hydrogen-bond donors (Lipinski definition) is 0. The number of aromatic nitrogens is 5. The largest absolute Gasteiger partial charge is 0.463 e. The van der Waals surface area contributed by atoms with E-state index >= 15 is 0 Å². The van der Waals surface area contributed by atoms with Crippen molar-refractivity contribution in [2.75, 3.05) is 32.3 Å². The van der Waals surface area contributed by atoms with Gasteiger partial charge in [-0.2, -0.15) is 23.1 Å². The van der Waals surface area contributed by atoms with Gasteiger partial charge in [0.15, 0.2) is 12.1 Å². The number of nitrogens with zero attached hydrogens (tertiary/aromatic N) is 6. The van der Waals surface area contributed by atoms with Crippen molar-refractivity contribution in [1.82, 2.24) is 24.7 Å². The molecule has 1 aliphatic rings. The zero-order chi connectivity index (χ0) is 23.6. The number of hydrogen-bond acceptors (Lipinski definition) is 9. The van der Waals surface area contributed by atoms with Crippen molar-refractivity contribution in [2.45, 2.75) is 51.7 Å². The zero-order valence-corrected chi connectivity index (χ0v) is 19.4. The maximum absolute atomic E-state index is 13.2. The summed E-state index contributed by atoms with van der Waals surface area (Å²) in [5, 5.41) is 7.99. The lowest BCUT2D eigenvalue weighted by atomic mass is 10.2. The van der Waals surface area contributed by atoms with Gasteiger partial charge in [-0.3, -0.25) is 0 Å². The number of anilines is 1. The van der Waals surface area contributed by atoms with Crippen molar-refractivity contribution in [3.05, 3.63) is 22.6 Å². The molecule has 3 aromatic rings. The van der Waals surface area contributed by atoms with Crippen LogP contribution in [0.1, 0.15) is 36.3 Å². The van der Waals surface area contributed by atoms with Crippen molar-refractivity contribution >= 4 is 27.4 Å². The Labute approximate surface area is 192 Å². The predicted octanol–water partition coefficient (Wildman–Crippen LogP) is 3.66. The van der Waals surface area contributed by atoms with Crippen molar-refractivity contribution in [2.24, 2.45) is 0 Å². The van der Waals surface area contributed by atoms with Gasteiger partial charge >= 0.3 is 12.2 Å². The number of alkyl halides is 3. The maximum atomic E-state index is 13.2. The Morgan fingerprint density at radius 3 is 2.64 bits per heavy atom. The Morgan fingerprint density at radius 1 is 1.15 bits per heavy atom. The van der Waals surface area contributed by atoms with Crippen LogP contribution in [0.2, 0.25) is 0 Å². The highest BCUT2D eigenvalue weighted by Crippen LogP contribution is 2.36. The van der Waals surface area contributed by atoms with E-state index in [1.54, 1.807) is 25.6 Å². The molecule has 0 aliphatic carbocycles. The lowest BCUT2D eigenvalue weighted by molar-refractivity contribution is -0.147. The Hall–Kier alpha value is -2.51. The van der Waals surface area contributed by atoms with Crippen molar-refractivity contribution in [1.29, 1.82) is 0 Å². The van der Waals surface area contributed by atoms with Crippen LogP contribution < -0.4 is 9.64 Å². The number of thiophene rings is 1. The molecule has 0 spiro atoms. The molecule has 1 aliphatic heterocycles. The number of aryl methyl sites for hydroxylation is 1. The standard InChI is InChI=1S/C20H25F3N6O3S/c1-4-5-12-10-13-16(24-19(25-17(13)33-12)32-9-6-15(30-2)31-3)28-7-8-29-14(11-28)26-27-18(29)20(21,22)23/h10,15H,4-9,11H2,1-3H3. The number of methoxy groups -OCH3 is 2. The number of ether oxygens (including phenoxy) is 3. The molecule has 0 N–H and O–H groups in total. The summed E-state index contributed by atoms with van der Waals surface area (Å²) >= 11 is 1.57. The quantitative estimate of drug-likeness (QED) is 0.424. The van der Waals surface area contributed by atoms with Crippen LogP contribution in [0.4, 0.5) is 19.0 Å². The molecule has 0 atom stereocenters. The summed E-state index contributed by atoms with van der Waals surface area (Å²) < 4.78 is 56.9. The second-order valence-electron chi connectivity index (χ2n) is 7.56. The summed E-state index contributed by atoms with van der Waals surface area (Å²) in [6.45, 7) is 2.97. The topological polar surface area (TPSA) is 87.4 Å². The highest BCUT2D eigenvalue weighted by Gasteiger charge is 2.39. The first-order valence-electron chi connectivity index (χ1n) is 10.6. The summed E-state index contributed by atoms with van der Waals surface area (Å²) in [6.07, 6.45) is -2.56. The van der Waals surface area contributed by atoms with Gasteiger partial charge in [0.1, 0.15) is 10.6 Å². The molecule has 0 saturated carbocycles. The molecular formula is C20H25F3N6O3S. The first-order chi connectivity index (χ1) is 15.8. The van der Waals surface area contributed by atoms with Gasteiger partial charge in [-0.15, -0.1) is 21.5 Å². The van der Waals surface area contributed by atoms with Gasteiger partial charge < -0.3 is 23.7 Å². The minimum Gasteiger partial charge on any atom is -0.463 e. The molecule has 4 rings (SSSR count). The summed E-state index contributed by atoms with van der Waals surface area (Å²) in [5.41, 5.74) is 0. The minimum atomic E-state index is -4.54. The van der Waals surface area contributed by atoms with E-state index in [0.717, 1.165) is 27.6 Å². The summed E-state index contributed by atoms with van der Waals surface area (Å²) in [6, 6.07) is 2.26. The van der Waals surface area contributed by atoms with Crippen LogP contribution in [0, 0.1) is 0 Å². The van der Waals surface area contributed by atoms with E-state index in [1.807, 2.05) is 4.90 Å². The number of fused-ring (bicyclic) bond motifs is 2. The van der Waals surface area contributed by atoms with E-state index in [1.165, 1.54) is 4.88 Å². The van der Waals surface area contributed by atoms with Gasteiger partial charge in [0, 0.05) is 38.6 Å². The summed E-state index contributed by atoms with van der Waals surface area (Å²) in [5.74, 6) is -0.109. The van der Waals surface area contributed by atoms with Crippen LogP contribution in [0.5, 0.6) is 6.01 Å². The van der Waals surface area contributed by atoms with Crippen molar-refractivity contribution in [3.8, 4) is 6.01 Å². The number of halogens is 3. The van der Waals surface area contributed by atoms with E-state index in [9.17, 15) is 13.2 Å². The van der Waals surface area contributed by atoms with E-state index in [0.29, 0.717) is 18.8 Å². The molecule has 0 unspecified atom stereocenters. The first-order valence-corrected chi connectivity index (χ1v) is 11.4. The summed E-state index contributed by atoms with van der Waals surface area (Å²) in [7, 11) is 3.10. The van der Waals surface area contributed by atoms with Crippen molar-refractivity contribution in [3.63, 3.8) is 0 Å². The Balaban J connectivity index is 1.63. The Bertz CT molecular complexity index is 1100. The molecule has 3 aromatic heterocycles. The normalized spacial score (nSPS) is 14.3. The van der Waals surface area contributed by atoms with E-state index in [4.69, 9.17) is 14.2 Å². The fourth-order valence-corrected chi connectivity index (χ4v) is 4.85. The van der Waals surface area contributed by atoms with Crippen LogP contribution in [-0.4, -0.2) is 58.4 Å². The molecule has 0 radical (unpaired) electrons. The molecule has 0 fully saturated rings. The Kier molecular flexibility index (Phi) is 7.00. The van der Waals surface area contributed by atoms with Gasteiger partial charge in [-0.1, -0.05) is 13.3 Å². The lowest BCUT2D eigenvalue weighted by Gasteiger charge is -2.29. The van der Waals surface area contributed by atoms with Crippen LogP contribution in [0.25, 0.3) is 10.2 Å². The number of rotatable bonds is 9. The monoisotopic (exact) mass is 486 g/mol.